The molecule has 0 atom stereocenters. The van der Waals surface area contributed by atoms with Gasteiger partial charge in [0.15, 0.2) is 0 Å². The molecule has 0 radical (unpaired) electrons. The van der Waals surface area contributed by atoms with Crippen LogP contribution in [-0.4, -0.2) is 11.0 Å². The molecule has 3 heteroatoms. The zero-order valence-corrected chi connectivity index (χ0v) is 13.3. The number of phenols is 1. The number of fused-ring (bicyclic) bond motifs is 1. The number of carbonyl (C=O) groups excluding carboxylic acids is 1. The topological polar surface area (TPSA) is 49.3 Å². The molecule has 0 fully saturated rings. The summed E-state index contributed by atoms with van der Waals surface area (Å²) in [7, 11) is 0. The summed E-state index contributed by atoms with van der Waals surface area (Å²) in [5, 5.41) is 15.1. The van der Waals surface area contributed by atoms with Gasteiger partial charge < -0.3 is 10.4 Å². The molecule has 0 saturated heterocycles. The quantitative estimate of drug-likeness (QED) is 0.765. The van der Waals surface area contributed by atoms with Crippen LogP contribution >= 0.6 is 0 Å². The Bertz CT molecular complexity index is 855. The number of carbonyl (C=O) groups is 1. The molecule has 0 bridgehead atoms. The van der Waals surface area contributed by atoms with Gasteiger partial charge in [0.1, 0.15) is 5.75 Å². The Kier molecular flexibility index (Phi) is 4.02. The standard InChI is InChI=1S/C20H19NO2/c1-13-10-17(11-14(2)19(13)22)20(23)21-12-16-8-5-7-15-6-3-4-9-18(15)16/h3-11,22H,12H2,1-2H3,(H,21,23). The van der Waals surface area contributed by atoms with E-state index in [2.05, 4.69) is 23.5 Å². The van der Waals surface area contributed by atoms with Gasteiger partial charge in [0.2, 0.25) is 0 Å². The van der Waals surface area contributed by atoms with Crippen molar-refractivity contribution in [3.63, 3.8) is 0 Å². The molecular weight excluding hydrogens is 286 g/mol. The fourth-order valence-electron chi connectivity index (χ4n) is 2.81. The molecule has 0 heterocycles. The fraction of sp³-hybridized carbons (Fsp3) is 0.150. The molecule has 2 N–H and O–H groups in total. The van der Waals surface area contributed by atoms with Crippen LogP contribution < -0.4 is 5.32 Å². The molecular formula is C20H19NO2. The number of amides is 1. The number of rotatable bonds is 3. The normalized spacial score (nSPS) is 10.7. The number of hydrogen-bond acceptors (Lipinski definition) is 2. The van der Waals surface area contributed by atoms with Crippen LogP contribution in [0.25, 0.3) is 10.8 Å². The summed E-state index contributed by atoms with van der Waals surface area (Å²) >= 11 is 0. The van der Waals surface area contributed by atoms with E-state index in [1.165, 1.54) is 0 Å². The van der Waals surface area contributed by atoms with Crippen LogP contribution in [0, 0.1) is 13.8 Å². The first-order valence-electron chi connectivity index (χ1n) is 7.61. The Labute approximate surface area is 135 Å². The zero-order chi connectivity index (χ0) is 16.4. The summed E-state index contributed by atoms with van der Waals surface area (Å²) in [5.41, 5.74) is 3.07. The van der Waals surface area contributed by atoms with Crippen LogP contribution in [0.3, 0.4) is 0 Å². The second-order valence-electron chi connectivity index (χ2n) is 5.78. The summed E-state index contributed by atoms with van der Waals surface area (Å²) in [5.74, 6) is 0.111. The highest BCUT2D eigenvalue weighted by atomic mass is 16.3. The fourth-order valence-corrected chi connectivity index (χ4v) is 2.81. The number of hydrogen-bond donors (Lipinski definition) is 2. The van der Waals surface area contributed by atoms with E-state index in [-0.39, 0.29) is 11.7 Å². The maximum Gasteiger partial charge on any atom is 0.251 e. The van der Waals surface area contributed by atoms with Crippen LogP contribution in [0.2, 0.25) is 0 Å². The minimum Gasteiger partial charge on any atom is -0.507 e. The van der Waals surface area contributed by atoms with Gasteiger partial charge in [-0.05, 0) is 53.4 Å². The lowest BCUT2D eigenvalue weighted by atomic mass is 10.0. The van der Waals surface area contributed by atoms with E-state index >= 15 is 0 Å². The van der Waals surface area contributed by atoms with E-state index in [1.807, 2.05) is 24.3 Å². The third-order valence-electron chi connectivity index (χ3n) is 4.07. The third kappa shape index (κ3) is 3.04. The van der Waals surface area contributed by atoms with Gasteiger partial charge in [0, 0.05) is 12.1 Å². The van der Waals surface area contributed by atoms with E-state index in [0.29, 0.717) is 23.2 Å². The van der Waals surface area contributed by atoms with Crippen molar-refractivity contribution >= 4 is 16.7 Å². The van der Waals surface area contributed by atoms with Gasteiger partial charge in [0.25, 0.3) is 5.91 Å². The van der Waals surface area contributed by atoms with Crippen molar-refractivity contribution < 1.29 is 9.90 Å². The minimum absolute atomic E-state index is 0.135. The minimum atomic E-state index is -0.135. The molecule has 3 rings (SSSR count). The molecule has 0 saturated carbocycles. The molecule has 0 spiro atoms. The van der Waals surface area contributed by atoms with E-state index in [4.69, 9.17) is 0 Å². The van der Waals surface area contributed by atoms with Crippen molar-refractivity contribution in [2.24, 2.45) is 0 Å². The number of nitrogens with one attached hydrogen (secondary N) is 1. The van der Waals surface area contributed by atoms with Gasteiger partial charge in [-0.2, -0.15) is 0 Å². The lowest BCUT2D eigenvalue weighted by molar-refractivity contribution is 0.0951. The Morgan fingerprint density at radius 2 is 1.65 bits per heavy atom. The van der Waals surface area contributed by atoms with Crippen LogP contribution in [0.5, 0.6) is 5.75 Å². The van der Waals surface area contributed by atoms with E-state index in [0.717, 1.165) is 16.3 Å². The maximum absolute atomic E-state index is 12.4. The number of phenolic OH excluding ortho intramolecular Hbond substituents is 1. The van der Waals surface area contributed by atoms with Crippen LogP contribution in [-0.2, 0) is 6.54 Å². The molecule has 0 aliphatic rings. The maximum atomic E-state index is 12.4. The van der Waals surface area contributed by atoms with Gasteiger partial charge >= 0.3 is 0 Å². The van der Waals surface area contributed by atoms with E-state index in [1.54, 1.807) is 26.0 Å². The van der Waals surface area contributed by atoms with Crippen molar-refractivity contribution in [3.05, 3.63) is 76.9 Å². The Hall–Kier alpha value is -2.81. The van der Waals surface area contributed by atoms with Crippen LogP contribution in [0.15, 0.2) is 54.6 Å². The highest BCUT2D eigenvalue weighted by Gasteiger charge is 2.10. The molecule has 3 nitrogen and oxygen atoms in total. The molecule has 0 aliphatic heterocycles. The molecule has 3 aromatic rings. The predicted molar refractivity (Wildman–Crippen MR) is 92.7 cm³/mol. The lowest BCUT2D eigenvalue weighted by Crippen LogP contribution is -2.23. The van der Waals surface area contributed by atoms with E-state index < -0.39 is 0 Å². The van der Waals surface area contributed by atoms with Crippen molar-refractivity contribution in [2.45, 2.75) is 20.4 Å². The third-order valence-corrected chi connectivity index (χ3v) is 4.07. The molecule has 0 aromatic heterocycles. The monoisotopic (exact) mass is 305 g/mol. The average molecular weight is 305 g/mol. The van der Waals surface area contributed by atoms with Gasteiger partial charge in [-0.3, -0.25) is 4.79 Å². The van der Waals surface area contributed by atoms with Gasteiger partial charge in [-0.1, -0.05) is 42.5 Å². The van der Waals surface area contributed by atoms with Gasteiger partial charge in [0.05, 0.1) is 0 Å². The Morgan fingerprint density at radius 3 is 2.39 bits per heavy atom. The van der Waals surface area contributed by atoms with Crippen molar-refractivity contribution in [3.8, 4) is 5.75 Å². The van der Waals surface area contributed by atoms with Gasteiger partial charge in [-0.15, -0.1) is 0 Å². The predicted octanol–water partition coefficient (Wildman–Crippen LogP) is 4.09. The molecule has 1 amide bonds. The summed E-state index contributed by atoms with van der Waals surface area (Å²) in [6.45, 7) is 4.06. The summed E-state index contributed by atoms with van der Waals surface area (Å²) in [6, 6.07) is 17.6. The first-order valence-corrected chi connectivity index (χ1v) is 7.61. The molecule has 0 unspecified atom stereocenters. The summed E-state index contributed by atoms with van der Waals surface area (Å²) in [6.07, 6.45) is 0. The number of aryl methyl sites for hydroxylation is 2. The molecule has 23 heavy (non-hydrogen) atoms. The van der Waals surface area contributed by atoms with Gasteiger partial charge in [-0.25, -0.2) is 0 Å². The number of aromatic hydroxyl groups is 1. The molecule has 116 valence electrons. The highest BCUT2D eigenvalue weighted by molar-refractivity contribution is 5.95. The van der Waals surface area contributed by atoms with Crippen molar-refractivity contribution in [1.82, 2.24) is 5.32 Å². The smallest absolute Gasteiger partial charge is 0.251 e. The average Bonchev–Trinajstić information content (AvgIpc) is 2.57. The van der Waals surface area contributed by atoms with Crippen LogP contribution in [0.1, 0.15) is 27.0 Å². The van der Waals surface area contributed by atoms with Crippen molar-refractivity contribution in [1.29, 1.82) is 0 Å². The van der Waals surface area contributed by atoms with Crippen molar-refractivity contribution in [2.75, 3.05) is 0 Å². The molecule has 0 aliphatic carbocycles. The zero-order valence-electron chi connectivity index (χ0n) is 13.3. The Balaban J connectivity index is 1.81. The summed E-state index contributed by atoms with van der Waals surface area (Å²) < 4.78 is 0. The Morgan fingerprint density at radius 1 is 1.00 bits per heavy atom. The molecule has 3 aromatic carbocycles. The first-order chi connectivity index (χ1) is 11.1. The van der Waals surface area contributed by atoms with Crippen LogP contribution in [0.4, 0.5) is 0 Å². The lowest BCUT2D eigenvalue weighted by Gasteiger charge is -2.10. The SMILES string of the molecule is Cc1cc(C(=O)NCc2cccc3ccccc23)cc(C)c1O. The largest absolute Gasteiger partial charge is 0.507 e. The highest BCUT2D eigenvalue weighted by Crippen LogP contribution is 2.23. The van der Waals surface area contributed by atoms with E-state index in [9.17, 15) is 9.90 Å². The second kappa shape index (κ2) is 6.13. The number of benzene rings is 3. The second-order valence-corrected chi connectivity index (χ2v) is 5.78. The first kappa shape index (κ1) is 15.1. The summed E-state index contributed by atoms with van der Waals surface area (Å²) in [4.78, 5) is 12.4.